The third-order valence-electron chi connectivity index (χ3n) is 4.33. The van der Waals surface area contributed by atoms with Crippen molar-refractivity contribution in [3.8, 4) is 0 Å². The Kier molecular flexibility index (Phi) is 4.23. The Balaban J connectivity index is 1.60. The van der Waals surface area contributed by atoms with Crippen LogP contribution in [0, 0.1) is 0 Å². The number of fused-ring (bicyclic) bond motifs is 1. The predicted molar refractivity (Wildman–Crippen MR) is 96.2 cm³/mol. The minimum absolute atomic E-state index is 0.237. The number of nitrogens with zero attached hydrogens (tertiary/aromatic N) is 4. The van der Waals surface area contributed by atoms with Crippen molar-refractivity contribution in [2.24, 2.45) is 7.05 Å². The highest BCUT2D eigenvalue weighted by Crippen LogP contribution is 2.39. The molecule has 0 amide bonds. The van der Waals surface area contributed by atoms with Crippen LogP contribution in [0.3, 0.4) is 0 Å². The Labute approximate surface area is 153 Å². The fourth-order valence-corrected chi connectivity index (χ4v) is 3.57. The maximum atomic E-state index is 12.3. The number of carbonyl (C=O) groups is 1. The van der Waals surface area contributed by atoms with E-state index in [4.69, 9.17) is 4.74 Å². The summed E-state index contributed by atoms with van der Waals surface area (Å²) in [5, 5.41) is 9.69. The zero-order chi connectivity index (χ0) is 18.3. The summed E-state index contributed by atoms with van der Waals surface area (Å²) in [5.41, 5.74) is 0.585. The summed E-state index contributed by atoms with van der Waals surface area (Å²) < 4.78 is 6.71. The molecule has 3 aromatic rings. The molecule has 1 aliphatic carbocycles. The molecule has 0 radical (unpaired) electrons. The number of hydrogen-bond acceptors (Lipinski definition) is 7. The Morgan fingerprint density at radius 2 is 2.19 bits per heavy atom. The highest BCUT2D eigenvalue weighted by atomic mass is 32.2. The van der Waals surface area contributed by atoms with E-state index in [9.17, 15) is 9.59 Å². The molecule has 0 bridgehead atoms. The third-order valence-corrected chi connectivity index (χ3v) is 5.36. The molecule has 0 saturated heterocycles. The van der Waals surface area contributed by atoms with Gasteiger partial charge >= 0.3 is 5.97 Å². The molecule has 134 valence electrons. The Morgan fingerprint density at radius 3 is 2.92 bits per heavy atom. The van der Waals surface area contributed by atoms with Crippen molar-refractivity contribution in [1.29, 1.82) is 0 Å². The molecule has 1 fully saturated rings. The van der Waals surface area contributed by atoms with Crippen molar-refractivity contribution < 1.29 is 9.53 Å². The number of nitrogens with one attached hydrogen (secondary N) is 1. The smallest absolute Gasteiger partial charge is 0.337 e. The lowest BCUT2D eigenvalue weighted by Gasteiger charge is -2.05. The topological polar surface area (TPSA) is 103 Å². The Hall–Kier alpha value is -2.68. The molecule has 2 aromatic heterocycles. The van der Waals surface area contributed by atoms with Crippen LogP contribution in [0.25, 0.3) is 10.9 Å². The van der Waals surface area contributed by atoms with Gasteiger partial charge in [0.15, 0.2) is 5.16 Å². The average Bonchev–Trinajstić information content (AvgIpc) is 3.42. The highest BCUT2D eigenvalue weighted by molar-refractivity contribution is 7.98. The number of hydrogen-bond donors (Lipinski definition) is 1. The van der Waals surface area contributed by atoms with E-state index >= 15 is 0 Å². The molecule has 1 aromatic carbocycles. The number of rotatable bonds is 5. The van der Waals surface area contributed by atoms with Gasteiger partial charge in [-0.25, -0.2) is 9.78 Å². The molecule has 0 aliphatic heterocycles. The summed E-state index contributed by atoms with van der Waals surface area (Å²) in [5.74, 6) is 2.04. The van der Waals surface area contributed by atoms with Crippen LogP contribution in [0.5, 0.6) is 0 Å². The molecule has 0 unspecified atom stereocenters. The van der Waals surface area contributed by atoms with E-state index in [2.05, 4.69) is 20.2 Å². The molecule has 4 rings (SSSR count). The summed E-state index contributed by atoms with van der Waals surface area (Å²) in [7, 11) is 3.27. The zero-order valence-electron chi connectivity index (χ0n) is 14.4. The molecule has 0 spiro atoms. The molecule has 1 saturated carbocycles. The Morgan fingerprint density at radius 1 is 1.38 bits per heavy atom. The molecule has 1 aliphatic rings. The summed E-state index contributed by atoms with van der Waals surface area (Å²) >= 11 is 1.46. The maximum absolute atomic E-state index is 12.3. The third kappa shape index (κ3) is 3.10. The van der Waals surface area contributed by atoms with E-state index in [0.29, 0.717) is 34.0 Å². The zero-order valence-corrected chi connectivity index (χ0v) is 15.2. The molecular weight excluding hydrogens is 354 g/mol. The van der Waals surface area contributed by atoms with Crippen LogP contribution in [-0.4, -0.2) is 37.8 Å². The second-order valence-electron chi connectivity index (χ2n) is 6.20. The molecule has 0 atom stereocenters. The number of esters is 1. The lowest BCUT2D eigenvalue weighted by molar-refractivity contribution is 0.0601. The van der Waals surface area contributed by atoms with E-state index in [1.54, 1.807) is 18.2 Å². The van der Waals surface area contributed by atoms with Crippen molar-refractivity contribution in [3.05, 3.63) is 45.8 Å². The van der Waals surface area contributed by atoms with Crippen molar-refractivity contribution in [3.63, 3.8) is 0 Å². The van der Waals surface area contributed by atoms with Gasteiger partial charge in [-0.15, -0.1) is 10.2 Å². The van der Waals surface area contributed by atoms with Crippen LogP contribution in [-0.2, 0) is 17.5 Å². The number of aromatic amines is 1. The number of ether oxygens (including phenoxy) is 1. The van der Waals surface area contributed by atoms with Crippen LogP contribution >= 0.6 is 11.8 Å². The van der Waals surface area contributed by atoms with Gasteiger partial charge in [0.1, 0.15) is 11.6 Å². The minimum atomic E-state index is -0.461. The second-order valence-corrected chi connectivity index (χ2v) is 7.14. The van der Waals surface area contributed by atoms with Crippen molar-refractivity contribution in [2.45, 2.75) is 29.7 Å². The Bertz CT molecular complexity index is 1050. The normalized spacial score (nSPS) is 13.9. The first-order chi connectivity index (χ1) is 12.6. The van der Waals surface area contributed by atoms with E-state index in [-0.39, 0.29) is 5.56 Å². The standard InChI is InChI=1S/C17H17N5O3S/c1-22-14(9-3-4-9)20-21-17(22)26-8-13-18-12-7-10(16(24)25-2)5-6-11(12)15(23)19-13/h5-7,9H,3-4,8H2,1-2H3,(H,18,19,23). The van der Waals surface area contributed by atoms with Gasteiger partial charge in [0.2, 0.25) is 0 Å². The first-order valence-corrected chi connectivity index (χ1v) is 9.18. The van der Waals surface area contributed by atoms with Gasteiger partial charge in [0, 0.05) is 13.0 Å². The van der Waals surface area contributed by atoms with E-state index in [1.165, 1.54) is 31.7 Å². The molecular formula is C17H17N5O3S. The summed E-state index contributed by atoms with van der Waals surface area (Å²) in [4.78, 5) is 31.2. The average molecular weight is 371 g/mol. The molecule has 8 nitrogen and oxygen atoms in total. The predicted octanol–water partition coefficient (Wildman–Crippen LogP) is 2.01. The van der Waals surface area contributed by atoms with Gasteiger partial charge in [-0.1, -0.05) is 11.8 Å². The van der Waals surface area contributed by atoms with Gasteiger partial charge in [0.25, 0.3) is 5.56 Å². The fraction of sp³-hybridized carbons (Fsp3) is 0.353. The number of aromatic nitrogens is 5. The van der Waals surface area contributed by atoms with Crippen molar-refractivity contribution in [2.75, 3.05) is 7.11 Å². The van der Waals surface area contributed by atoms with Gasteiger partial charge in [-0.3, -0.25) is 4.79 Å². The van der Waals surface area contributed by atoms with Crippen molar-refractivity contribution >= 4 is 28.6 Å². The van der Waals surface area contributed by atoms with Crippen LogP contribution < -0.4 is 5.56 Å². The summed E-state index contributed by atoms with van der Waals surface area (Å²) in [6, 6.07) is 4.70. The van der Waals surface area contributed by atoms with Gasteiger partial charge in [-0.05, 0) is 31.0 Å². The lowest BCUT2D eigenvalue weighted by Crippen LogP contribution is -2.12. The van der Waals surface area contributed by atoms with Crippen molar-refractivity contribution in [1.82, 2.24) is 24.7 Å². The van der Waals surface area contributed by atoms with Gasteiger partial charge in [-0.2, -0.15) is 0 Å². The number of thioether (sulfide) groups is 1. The monoisotopic (exact) mass is 371 g/mol. The van der Waals surface area contributed by atoms with Crippen LogP contribution in [0.15, 0.2) is 28.2 Å². The molecule has 26 heavy (non-hydrogen) atoms. The fourth-order valence-electron chi connectivity index (χ4n) is 2.78. The van der Waals surface area contributed by atoms with Gasteiger partial charge < -0.3 is 14.3 Å². The SMILES string of the molecule is COC(=O)c1ccc2c(=O)[nH]c(CSc3nnc(C4CC4)n3C)nc2c1. The molecule has 1 N–H and O–H groups in total. The van der Waals surface area contributed by atoms with Gasteiger partial charge in [0.05, 0.1) is 29.3 Å². The highest BCUT2D eigenvalue weighted by Gasteiger charge is 2.29. The van der Waals surface area contributed by atoms with E-state index < -0.39 is 5.97 Å². The lowest BCUT2D eigenvalue weighted by atomic mass is 10.1. The number of H-pyrrole nitrogens is 1. The first-order valence-electron chi connectivity index (χ1n) is 8.20. The first kappa shape index (κ1) is 16.8. The number of carbonyl (C=O) groups excluding carboxylic acids is 1. The minimum Gasteiger partial charge on any atom is -0.465 e. The van der Waals surface area contributed by atoms with Crippen LogP contribution in [0.2, 0.25) is 0 Å². The number of methoxy groups -OCH3 is 1. The number of benzene rings is 1. The van der Waals surface area contributed by atoms with E-state index in [0.717, 1.165) is 11.0 Å². The van der Waals surface area contributed by atoms with E-state index in [1.807, 2.05) is 11.6 Å². The largest absolute Gasteiger partial charge is 0.465 e. The van der Waals surface area contributed by atoms with Crippen LogP contribution in [0.1, 0.15) is 40.8 Å². The summed E-state index contributed by atoms with van der Waals surface area (Å²) in [6.45, 7) is 0. The van der Waals surface area contributed by atoms with Crippen LogP contribution in [0.4, 0.5) is 0 Å². The summed E-state index contributed by atoms with van der Waals surface area (Å²) in [6.07, 6.45) is 2.33. The molecule has 9 heteroatoms. The maximum Gasteiger partial charge on any atom is 0.337 e. The quantitative estimate of drug-likeness (QED) is 0.540. The molecule has 2 heterocycles. The second kappa shape index (κ2) is 6.56.